The van der Waals surface area contributed by atoms with E-state index in [-0.39, 0.29) is 28.7 Å². The number of rotatable bonds is 8. The molecule has 2 rings (SSSR count). The van der Waals surface area contributed by atoms with Crippen LogP contribution in [0.5, 0.6) is 0 Å². The highest BCUT2D eigenvalue weighted by Crippen LogP contribution is 2.19. The molecule has 1 amide bonds. The second kappa shape index (κ2) is 8.81. The number of carboxylic acids is 1. The average Bonchev–Trinajstić information content (AvgIpc) is 2.60. The van der Waals surface area contributed by atoms with Crippen molar-refractivity contribution < 1.29 is 23.1 Å². The lowest BCUT2D eigenvalue weighted by atomic mass is 10.1. The first kappa shape index (κ1) is 20.6. The maximum Gasteiger partial charge on any atom is 0.323 e. The van der Waals surface area contributed by atoms with Crippen molar-refractivity contribution in [2.45, 2.75) is 24.5 Å². The Morgan fingerprint density at radius 3 is 2.30 bits per heavy atom. The number of carbonyl (C=O) groups is 2. The normalized spacial score (nSPS) is 11.4. The molecule has 6 nitrogen and oxygen atoms in total. The summed E-state index contributed by atoms with van der Waals surface area (Å²) in [5.74, 6) is -1.70. The van der Waals surface area contributed by atoms with Gasteiger partial charge in [0.1, 0.15) is 6.54 Å². The Bertz CT molecular complexity index is 907. The van der Waals surface area contributed by atoms with Crippen LogP contribution in [0.2, 0.25) is 0 Å². The molecule has 0 saturated heterocycles. The Balaban J connectivity index is 2.29. The Morgan fingerprint density at radius 1 is 1.04 bits per heavy atom. The molecule has 0 aliphatic heterocycles. The van der Waals surface area contributed by atoms with Crippen molar-refractivity contribution in [3.63, 3.8) is 0 Å². The summed E-state index contributed by atoms with van der Waals surface area (Å²) in [4.78, 5) is 25.0. The van der Waals surface area contributed by atoms with E-state index in [2.05, 4.69) is 0 Å². The molecule has 0 heterocycles. The molecule has 0 bridgehead atoms. The van der Waals surface area contributed by atoms with Gasteiger partial charge in [0, 0.05) is 12.1 Å². The molecule has 0 unspecified atom stereocenters. The first-order valence-corrected chi connectivity index (χ1v) is 10.2. The monoisotopic (exact) mass is 389 g/mol. The minimum atomic E-state index is -3.63. The number of carbonyl (C=O) groups excluding carboxylic acids is 1. The molecule has 0 spiro atoms. The highest BCUT2D eigenvalue weighted by atomic mass is 32.2. The standard InChI is InChI=1S/C20H23NO5S/c1-15(2)12-21(13-19(22)23)20(24)17-9-6-10-18(11-17)27(25,26)14-16-7-4-3-5-8-16/h3-11,15H,12-14H2,1-2H3,(H,22,23). The average molecular weight is 389 g/mol. The zero-order valence-corrected chi connectivity index (χ0v) is 16.1. The van der Waals surface area contributed by atoms with Crippen LogP contribution in [0.4, 0.5) is 0 Å². The number of aliphatic carboxylic acids is 1. The van der Waals surface area contributed by atoms with Crippen LogP contribution >= 0.6 is 0 Å². The smallest absolute Gasteiger partial charge is 0.323 e. The van der Waals surface area contributed by atoms with Crippen molar-refractivity contribution in [3.8, 4) is 0 Å². The minimum absolute atomic E-state index is 0.0389. The van der Waals surface area contributed by atoms with Gasteiger partial charge in [0.2, 0.25) is 0 Å². The molecule has 0 aliphatic rings. The zero-order chi connectivity index (χ0) is 20.0. The first-order valence-electron chi connectivity index (χ1n) is 8.57. The molecule has 7 heteroatoms. The van der Waals surface area contributed by atoms with Crippen LogP contribution < -0.4 is 0 Å². The van der Waals surface area contributed by atoms with E-state index in [1.165, 1.54) is 29.2 Å². The summed E-state index contributed by atoms with van der Waals surface area (Å²) in [6.07, 6.45) is 0. The second-order valence-corrected chi connectivity index (χ2v) is 8.74. The summed E-state index contributed by atoms with van der Waals surface area (Å²) in [7, 11) is -3.63. The molecule has 1 N–H and O–H groups in total. The molecule has 0 saturated carbocycles. The van der Waals surface area contributed by atoms with Gasteiger partial charge < -0.3 is 10.0 Å². The van der Waals surface area contributed by atoms with Gasteiger partial charge in [0.25, 0.3) is 5.91 Å². The largest absolute Gasteiger partial charge is 0.480 e. The lowest BCUT2D eigenvalue weighted by Crippen LogP contribution is -2.38. The van der Waals surface area contributed by atoms with Crippen LogP contribution in [-0.4, -0.2) is 43.4 Å². The predicted octanol–water partition coefficient (Wildman–Crippen LogP) is 2.84. The van der Waals surface area contributed by atoms with Crippen molar-refractivity contribution in [2.75, 3.05) is 13.1 Å². The molecule has 144 valence electrons. The van der Waals surface area contributed by atoms with E-state index in [9.17, 15) is 18.0 Å². The number of hydrogen-bond acceptors (Lipinski definition) is 4. The van der Waals surface area contributed by atoms with Crippen molar-refractivity contribution in [3.05, 3.63) is 65.7 Å². The first-order chi connectivity index (χ1) is 12.7. The SMILES string of the molecule is CC(C)CN(CC(=O)O)C(=O)c1cccc(S(=O)(=O)Cc2ccccc2)c1. The van der Waals surface area contributed by atoms with E-state index in [1.807, 2.05) is 13.8 Å². The van der Waals surface area contributed by atoms with Gasteiger partial charge in [-0.15, -0.1) is 0 Å². The van der Waals surface area contributed by atoms with E-state index in [4.69, 9.17) is 5.11 Å². The third-order valence-electron chi connectivity index (χ3n) is 3.84. The Kier molecular flexibility index (Phi) is 6.74. The van der Waals surface area contributed by atoms with Crippen molar-refractivity contribution in [1.82, 2.24) is 4.90 Å². The summed E-state index contributed by atoms with van der Waals surface area (Å²) in [5, 5.41) is 9.05. The lowest BCUT2D eigenvalue weighted by Gasteiger charge is -2.23. The highest BCUT2D eigenvalue weighted by Gasteiger charge is 2.22. The fraction of sp³-hybridized carbons (Fsp3) is 0.300. The van der Waals surface area contributed by atoms with Gasteiger partial charge in [-0.1, -0.05) is 50.2 Å². The van der Waals surface area contributed by atoms with Crippen LogP contribution in [0.3, 0.4) is 0 Å². The predicted molar refractivity (Wildman–Crippen MR) is 102 cm³/mol. The van der Waals surface area contributed by atoms with Gasteiger partial charge in [-0.2, -0.15) is 0 Å². The number of carboxylic acid groups (broad SMARTS) is 1. The lowest BCUT2D eigenvalue weighted by molar-refractivity contribution is -0.137. The molecule has 0 fully saturated rings. The molecule has 0 radical (unpaired) electrons. The van der Waals surface area contributed by atoms with Gasteiger partial charge in [0.15, 0.2) is 9.84 Å². The third-order valence-corrected chi connectivity index (χ3v) is 5.52. The molecule has 27 heavy (non-hydrogen) atoms. The topological polar surface area (TPSA) is 91.8 Å². The van der Waals surface area contributed by atoms with Crippen LogP contribution in [0.1, 0.15) is 29.8 Å². The number of hydrogen-bond donors (Lipinski definition) is 1. The minimum Gasteiger partial charge on any atom is -0.480 e. The fourth-order valence-electron chi connectivity index (χ4n) is 2.71. The number of amides is 1. The Morgan fingerprint density at radius 2 is 1.70 bits per heavy atom. The van der Waals surface area contributed by atoms with Gasteiger partial charge in [-0.05, 0) is 29.7 Å². The van der Waals surface area contributed by atoms with Gasteiger partial charge in [-0.3, -0.25) is 9.59 Å². The molecule has 2 aromatic rings. The maximum atomic E-state index is 12.7. The molecule has 2 aromatic carbocycles. The Labute approximate surface area is 159 Å². The fourth-order valence-corrected chi connectivity index (χ4v) is 4.10. The van der Waals surface area contributed by atoms with Crippen LogP contribution in [0, 0.1) is 5.92 Å². The quantitative estimate of drug-likeness (QED) is 0.749. The second-order valence-electron chi connectivity index (χ2n) is 6.75. The summed E-state index contributed by atoms with van der Waals surface area (Å²) in [6, 6.07) is 14.5. The zero-order valence-electron chi connectivity index (χ0n) is 15.3. The van der Waals surface area contributed by atoms with E-state index in [0.717, 1.165) is 0 Å². The van der Waals surface area contributed by atoms with E-state index >= 15 is 0 Å². The van der Waals surface area contributed by atoms with E-state index in [1.54, 1.807) is 30.3 Å². The van der Waals surface area contributed by atoms with Gasteiger partial charge >= 0.3 is 5.97 Å². The van der Waals surface area contributed by atoms with E-state index < -0.39 is 28.3 Å². The maximum absolute atomic E-state index is 12.7. The number of sulfone groups is 1. The van der Waals surface area contributed by atoms with Crippen LogP contribution in [-0.2, 0) is 20.4 Å². The third kappa shape index (κ3) is 5.92. The summed E-state index contributed by atoms with van der Waals surface area (Å²) in [5.41, 5.74) is 0.813. The number of nitrogens with zero attached hydrogens (tertiary/aromatic N) is 1. The van der Waals surface area contributed by atoms with Crippen LogP contribution in [0.25, 0.3) is 0 Å². The van der Waals surface area contributed by atoms with Gasteiger partial charge in [-0.25, -0.2) is 8.42 Å². The summed E-state index contributed by atoms with van der Waals surface area (Å²) >= 11 is 0. The van der Waals surface area contributed by atoms with Gasteiger partial charge in [0.05, 0.1) is 10.6 Å². The van der Waals surface area contributed by atoms with Crippen molar-refractivity contribution in [1.29, 1.82) is 0 Å². The summed E-state index contributed by atoms with van der Waals surface area (Å²) < 4.78 is 25.4. The molecule has 0 atom stereocenters. The highest BCUT2D eigenvalue weighted by molar-refractivity contribution is 7.90. The van der Waals surface area contributed by atoms with E-state index in [0.29, 0.717) is 5.56 Å². The number of benzene rings is 2. The van der Waals surface area contributed by atoms with Crippen molar-refractivity contribution >= 4 is 21.7 Å². The summed E-state index contributed by atoms with van der Waals surface area (Å²) in [6.45, 7) is 3.59. The molecule has 0 aliphatic carbocycles. The van der Waals surface area contributed by atoms with Crippen molar-refractivity contribution in [2.24, 2.45) is 5.92 Å². The molecular formula is C20H23NO5S. The Hall–Kier alpha value is -2.67. The molecule has 0 aromatic heterocycles. The van der Waals surface area contributed by atoms with Crippen LogP contribution in [0.15, 0.2) is 59.5 Å². The molecular weight excluding hydrogens is 366 g/mol.